The molecule has 2 rings (SSSR count). The Kier molecular flexibility index (Phi) is 10.6. The largest absolute Gasteiger partial charge is 4.00 e. The second kappa shape index (κ2) is 9.19. The molecule has 16 heavy (non-hydrogen) atoms. The Hall–Kier alpha value is 0.133. The average Bonchev–Trinajstić information content (AvgIpc) is 2.67. The third kappa shape index (κ3) is 6.01. The molecule has 0 bridgehead atoms. The monoisotopic (exact) mass is 312 g/mol. The molecule has 0 nitrogen and oxygen atoms in total. The van der Waals surface area contributed by atoms with Crippen LogP contribution in [0, 0.1) is 12.2 Å². The molecule has 0 amide bonds. The van der Waals surface area contributed by atoms with Crippen LogP contribution in [0.5, 0.6) is 0 Å². The van der Waals surface area contributed by atoms with Gasteiger partial charge in [0.25, 0.3) is 0 Å². The Morgan fingerprint density at radius 1 is 0.875 bits per heavy atom. The van der Waals surface area contributed by atoms with Crippen molar-refractivity contribution in [3.05, 3.63) is 46.6 Å². The van der Waals surface area contributed by atoms with Gasteiger partial charge in [-0.2, -0.15) is 12.2 Å². The number of hydrogen-bond acceptors (Lipinski definition) is 0. The first-order valence-corrected chi connectivity index (χ1v) is 5.10. The quantitative estimate of drug-likeness (QED) is 0.591. The van der Waals surface area contributed by atoms with E-state index in [1.807, 2.05) is 0 Å². The minimum Gasteiger partial charge on any atom is -1.00 e. The summed E-state index contributed by atoms with van der Waals surface area (Å²) in [5.74, 6) is 0. The Labute approximate surface area is 127 Å². The third-order valence-electron chi connectivity index (χ3n) is 2.73. The van der Waals surface area contributed by atoms with Crippen LogP contribution in [0.4, 0.5) is 0 Å². The molecule has 0 heterocycles. The van der Waals surface area contributed by atoms with E-state index in [4.69, 9.17) is 0 Å². The van der Waals surface area contributed by atoms with Crippen LogP contribution in [0.1, 0.15) is 42.0 Å². The summed E-state index contributed by atoms with van der Waals surface area (Å²) in [4.78, 5) is 0. The zero-order chi connectivity index (χ0) is 10.6. The summed E-state index contributed by atoms with van der Waals surface area (Å²) in [7, 11) is 0. The van der Waals surface area contributed by atoms with Crippen LogP contribution in [0.15, 0.2) is 34.4 Å². The van der Waals surface area contributed by atoms with E-state index in [0.717, 1.165) is 12.8 Å². The predicted octanol–water partition coefficient (Wildman–Crippen LogP) is 1.29. The molecule has 86 valence electrons. The molecule has 0 aliphatic heterocycles. The second-order valence-electron chi connectivity index (χ2n) is 3.79. The normalized spacial score (nSPS) is 16.8. The number of hydrogen-bond donors (Lipinski definition) is 0. The fraction of sp³-hybridized carbons (Fsp3) is 0.429. The molecule has 2 heteroatoms. The molecule has 0 saturated heterocycles. The van der Waals surface area contributed by atoms with Gasteiger partial charge in [0.1, 0.15) is 0 Å². The van der Waals surface area contributed by atoms with Crippen molar-refractivity contribution in [3.8, 4) is 0 Å². The zero-order valence-corrected chi connectivity index (χ0v) is 13.7. The average molecular weight is 314 g/mol. The van der Waals surface area contributed by atoms with Gasteiger partial charge >= 0.3 is 26.2 Å². The fourth-order valence-corrected chi connectivity index (χ4v) is 1.30. The second-order valence-corrected chi connectivity index (χ2v) is 3.79. The van der Waals surface area contributed by atoms with Gasteiger partial charge in [0, 0.05) is 0 Å². The van der Waals surface area contributed by atoms with Gasteiger partial charge in [-0.1, -0.05) is 13.8 Å². The Morgan fingerprint density at radius 3 is 1.25 bits per heavy atom. The van der Waals surface area contributed by atoms with Crippen molar-refractivity contribution >= 4 is 0 Å². The maximum absolute atomic E-state index is 3.19. The molecule has 0 aromatic rings. The van der Waals surface area contributed by atoms with Gasteiger partial charge in [0.05, 0.1) is 0 Å². The van der Waals surface area contributed by atoms with Gasteiger partial charge < -0.3 is 13.8 Å². The molecular weight excluding hydrogens is 295 g/mol. The topological polar surface area (TPSA) is 0 Å². The maximum Gasteiger partial charge on any atom is 4.00 e. The van der Waals surface area contributed by atoms with E-state index in [1.165, 1.54) is 22.3 Å². The van der Waals surface area contributed by atoms with Gasteiger partial charge in [0.15, 0.2) is 0 Å². The van der Waals surface area contributed by atoms with E-state index >= 15 is 0 Å². The van der Waals surface area contributed by atoms with Gasteiger partial charge in [0.2, 0.25) is 0 Å². The van der Waals surface area contributed by atoms with Crippen molar-refractivity contribution in [1.29, 1.82) is 0 Å². The molecule has 0 fully saturated rings. The van der Waals surface area contributed by atoms with E-state index < -0.39 is 0 Å². The van der Waals surface area contributed by atoms with Crippen LogP contribution >= 0.6 is 0 Å². The maximum atomic E-state index is 3.19. The van der Waals surface area contributed by atoms with Gasteiger partial charge in [-0.25, -0.2) is 22.3 Å². The molecule has 2 aliphatic rings. The summed E-state index contributed by atoms with van der Waals surface area (Å²) in [5, 5.41) is 0. The van der Waals surface area contributed by atoms with Gasteiger partial charge in [-0.05, 0) is 0 Å². The van der Waals surface area contributed by atoms with E-state index in [-0.39, 0.29) is 40.0 Å². The van der Waals surface area contributed by atoms with Crippen molar-refractivity contribution in [3.63, 3.8) is 0 Å². The van der Waals surface area contributed by atoms with Crippen LogP contribution in [0.3, 0.4) is 0 Å². The van der Waals surface area contributed by atoms with Crippen molar-refractivity contribution in [1.82, 2.24) is 0 Å². The van der Waals surface area contributed by atoms with Crippen molar-refractivity contribution < 1.29 is 40.0 Å². The van der Waals surface area contributed by atoms with Crippen molar-refractivity contribution in [2.75, 3.05) is 0 Å². The van der Waals surface area contributed by atoms with Gasteiger partial charge in [-0.15, -0.1) is 26.7 Å². The van der Waals surface area contributed by atoms with Crippen LogP contribution in [-0.4, -0.2) is 0 Å². The molecule has 0 saturated carbocycles. The standard InChI is InChI=1S/2C7H9.ClH.Zr.H/c2*1-6-4-3-5-7(6)2;;;/h2*4H,3H2,1-2H3;1H;;/q2*-1;;+4;-1/p-1. The van der Waals surface area contributed by atoms with Crippen LogP contribution in [-0.2, 0) is 26.2 Å². The number of rotatable bonds is 0. The van der Waals surface area contributed by atoms with Crippen molar-refractivity contribution in [2.24, 2.45) is 0 Å². The van der Waals surface area contributed by atoms with Gasteiger partial charge in [-0.3, -0.25) is 12.2 Å². The zero-order valence-electron chi connectivity index (χ0n) is 11.4. The molecule has 2 aliphatic carbocycles. The summed E-state index contributed by atoms with van der Waals surface area (Å²) in [6, 6.07) is 0. The Bertz CT molecular complexity index is 272. The van der Waals surface area contributed by atoms with Crippen LogP contribution in [0.25, 0.3) is 0 Å². The first-order valence-electron chi connectivity index (χ1n) is 5.10. The summed E-state index contributed by atoms with van der Waals surface area (Å²) >= 11 is 0. The summed E-state index contributed by atoms with van der Waals surface area (Å²) in [6.07, 6.45) is 12.8. The Morgan fingerprint density at radius 2 is 1.19 bits per heavy atom. The number of halogens is 1. The summed E-state index contributed by atoms with van der Waals surface area (Å²) in [6.45, 7) is 8.43. The number of allylic oxidation sites excluding steroid dienone is 8. The molecule has 0 aromatic carbocycles. The molecule has 0 aromatic heterocycles. The molecule has 0 unspecified atom stereocenters. The summed E-state index contributed by atoms with van der Waals surface area (Å²) in [5.41, 5.74) is 5.42. The van der Waals surface area contributed by atoms with Crippen LogP contribution < -0.4 is 12.4 Å². The summed E-state index contributed by atoms with van der Waals surface area (Å²) < 4.78 is 0. The molecule has 0 N–H and O–H groups in total. The fourth-order valence-electron chi connectivity index (χ4n) is 1.30. The smallest absolute Gasteiger partial charge is 1.00 e. The first-order chi connectivity index (χ1) is 6.61. The van der Waals surface area contributed by atoms with Crippen LogP contribution in [0.2, 0.25) is 0 Å². The molecule has 0 spiro atoms. The van der Waals surface area contributed by atoms with E-state index in [0.29, 0.717) is 0 Å². The predicted molar refractivity (Wildman–Crippen MR) is 62.7 cm³/mol. The molecule has 0 atom stereocenters. The first kappa shape index (κ1) is 18.5. The third-order valence-corrected chi connectivity index (χ3v) is 2.73. The minimum atomic E-state index is 0. The Balaban J connectivity index is -0.000000196. The minimum absolute atomic E-state index is 0. The van der Waals surface area contributed by atoms with E-state index in [1.54, 1.807) is 0 Å². The van der Waals surface area contributed by atoms with Crippen molar-refractivity contribution in [2.45, 2.75) is 40.5 Å². The molecule has 0 radical (unpaired) electrons. The van der Waals surface area contributed by atoms with E-state index in [2.05, 4.69) is 52.0 Å². The SMILES string of the molecule is CC1=[C-]CC=C1C.CC1=[C-]CC=C1C.[Cl-].[H-].[Zr+4]. The molecular formula is C14H19ClZr. The van der Waals surface area contributed by atoms with E-state index in [9.17, 15) is 0 Å².